The highest BCUT2D eigenvalue weighted by molar-refractivity contribution is 5.79. The molecule has 1 unspecified atom stereocenters. The van der Waals surface area contributed by atoms with Gasteiger partial charge in [0.15, 0.2) is 0 Å². The van der Waals surface area contributed by atoms with Gasteiger partial charge < -0.3 is 23.9 Å². The number of carbonyl (C=O) groups excluding carboxylic acids is 3. The first-order chi connectivity index (χ1) is 29.8. The highest BCUT2D eigenvalue weighted by Gasteiger charge is 2.70. The maximum atomic E-state index is 14.5. The average molecular weight is 881 g/mol. The molecule has 0 aromatic heterocycles. The minimum absolute atomic E-state index is 0.0162. The molecular weight excluding hydrogens is 809 g/mol. The van der Waals surface area contributed by atoms with Crippen LogP contribution in [0.1, 0.15) is 163 Å². The number of fused-ring (bicyclic) bond motifs is 7. The van der Waals surface area contributed by atoms with E-state index in [1.807, 2.05) is 30.3 Å². The SMILES string of the molecule is CC1(C)CC[C@]2(C(=O)OCc3ccccc3)CC[C@]3(C)C(=CC[C@@H]4[C@@]5(C)CCC(OC(=O)CCCCCO[N+](=O)[O-])[C@@](C)(COC(=O)CCCCCO[N+](=O)[O-])[C@@H]5CC[C@]43C)[C@@H]2C1. The number of rotatable bonds is 20. The first-order valence-corrected chi connectivity index (χ1v) is 23.6. The molecule has 0 aliphatic heterocycles. The second-order valence-corrected chi connectivity index (χ2v) is 21.4. The van der Waals surface area contributed by atoms with Crippen molar-refractivity contribution in [1.82, 2.24) is 0 Å². The molecule has 5 aliphatic rings. The topological polar surface area (TPSA) is 184 Å². The van der Waals surface area contributed by atoms with Gasteiger partial charge in [0.05, 0.1) is 18.6 Å². The van der Waals surface area contributed by atoms with Crippen LogP contribution in [0.5, 0.6) is 0 Å². The molecule has 0 amide bonds. The average Bonchev–Trinajstić information content (AvgIpc) is 3.23. The third kappa shape index (κ3) is 10.0. The highest BCUT2D eigenvalue weighted by atomic mass is 17.0. The Morgan fingerprint density at radius 2 is 1.35 bits per heavy atom. The fourth-order valence-corrected chi connectivity index (χ4v) is 13.6. The Balaban J connectivity index is 1.22. The summed E-state index contributed by atoms with van der Waals surface area (Å²) in [6, 6.07) is 9.94. The van der Waals surface area contributed by atoms with E-state index in [0.717, 1.165) is 63.4 Å². The first-order valence-electron chi connectivity index (χ1n) is 23.6. The van der Waals surface area contributed by atoms with Crippen LogP contribution in [0.2, 0.25) is 0 Å². The van der Waals surface area contributed by atoms with Gasteiger partial charge in [-0.3, -0.25) is 14.4 Å². The van der Waals surface area contributed by atoms with Crippen LogP contribution in [0.3, 0.4) is 0 Å². The van der Waals surface area contributed by atoms with E-state index in [4.69, 9.17) is 14.2 Å². The Labute approximate surface area is 373 Å². The van der Waals surface area contributed by atoms with Gasteiger partial charge >= 0.3 is 17.9 Å². The zero-order chi connectivity index (χ0) is 45.7. The fourth-order valence-electron chi connectivity index (χ4n) is 13.6. The molecule has 0 heterocycles. The molecule has 0 saturated heterocycles. The lowest BCUT2D eigenvalue weighted by atomic mass is 9.33. The van der Waals surface area contributed by atoms with Crippen molar-refractivity contribution in [3.05, 3.63) is 67.8 Å². The van der Waals surface area contributed by atoms with Crippen LogP contribution < -0.4 is 0 Å². The van der Waals surface area contributed by atoms with E-state index in [1.54, 1.807) is 0 Å². The van der Waals surface area contributed by atoms with Crippen molar-refractivity contribution in [2.45, 2.75) is 170 Å². The number of hydrogen-bond donors (Lipinski definition) is 0. The van der Waals surface area contributed by atoms with Gasteiger partial charge in [0, 0.05) is 18.3 Å². The molecule has 350 valence electrons. The summed E-state index contributed by atoms with van der Waals surface area (Å²) < 4.78 is 18.7. The van der Waals surface area contributed by atoms with Gasteiger partial charge in [-0.25, -0.2) is 0 Å². The summed E-state index contributed by atoms with van der Waals surface area (Å²) in [5.74, 6) is -0.223. The molecule has 14 heteroatoms. The Kier molecular flexibility index (Phi) is 14.9. The van der Waals surface area contributed by atoms with Gasteiger partial charge in [-0.2, -0.15) is 0 Å². The number of allylic oxidation sites excluding steroid dienone is 2. The van der Waals surface area contributed by atoms with Crippen molar-refractivity contribution in [3.63, 3.8) is 0 Å². The highest BCUT2D eigenvalue weighted by Crippen LogP contribution is 2.76. The summed E-state index contributed by atoms with van der Waals surface area (Å²) >= 11 is 0. The number of unbranched alkanes of at least 4 members (excludes halogenated alkanes) is 4. The summed E-state index contributed by atoms with van der Waals surface area (Å²) in [5.41, 5.74) is 0.974. The summed E-state index contributed by atoms with van der Waals surface area (Å²) in [6.07, 6.45) is 14.2. The monoisotopic (exact) mass is 881 g/mol. The summed E-state index contributed by atoms with van der Waals surface area (Å²) in [6.45, 7) is 14.6. The minimum Gasteiger partial charge on any atom is -0.465 e. The van der Waals surface area contributed by atoms with Crippen LogP contribution in [0.15, 0.2) is 42.0 Å². The van der Waals surface area contributed by atoms with Crippen molar-refractivity contribution in [1.29, 1.82) is 0 Å². The lowest BCUT2D eigenvalue weighted by Crippen LogP contribution is -2.66. The maximum absolute atomic E-state index is 14.5. The summed E-state index contributed by atoms with van der Waals surface area (Å²) in [4.78, 5) is 71.0. The number of benzene rings is 1. The van der Waals surface area contributed by atoms with Crippen molar-refractivity contribution < 1.29 is 48.4 Å². The predicted molar refractivity (Wildman–Crippen MR) is 233 cm³/mol. The molecule has 14 nitrogen and oxygen atoms in total. The molecule has 9 atom stereocenters. The number of nitrogens with zero attached hydrogens (tertiary/aromatic N) is 2. The quantitative estimate of drug-likeness (QED) is 0.0302. The molecule has 0 bridgehead atoms. The molecule has 0 spiro atoms. The van der Waals surface area contributed by atoms with E-state index in [2.05, 4.69) is 57.3 Å². The van der Waals surface area contributed by atoms with E-state index in [-0.39, 0.29) is 90.7 Å². The van der Waals surface area contributed by atoms with Gasteiger partial charge in [-0.1, -0.05) is 96.4 Å². The van der Waals surface area contributed by atoms with Crippen LogP contribution in [0, 0.1) is 70.5 Å². The molecule has 0 radical (unpaired) electrons. The molecular formula is C49H72N2O12. The molecule has 4 saturated carbocycles. The predicted octanol–water partition coefficient (Wildman–Crippen LogP) is 10.5. The molecule has 63 heavy (non-hydrogen) atoms. The van der Waals surface area contributed by atoms with E-state index < -0.39 is 27.1 Å². The lowest BCUT2D eigenvalue weighted by Gasteiger charge is -2.71. The molecule has 4 fully saturated rings. The zero-order valence-corrected chi connectivity index (χ0v) is 38.6. The largest absolute Gasteiger partial charge is 0.465 e. The van der Waals surface area contributed by atoms with Crippen molar-refractivity contribution >= 4 is 17.9 Å². The second kappa shape index (κ2) is 19.5. The lowest BCUT2D eigenvalue weighted by molar-refractivity contribution is -0.757. The van der Waals surface area contributed by atoms with E-state index in [1.165, 1.54) is 5.57 Å². The number of hydrogen-bond acceptors (Lipinski definition) is 12. The van der Waals surface area contributed by atoms with E-state index >= 15 is 0 Å². The number of esters is 3. The van der Waals surface area contributed by atoms with Crippen molar-refractivity contribution in [2.24, 2.45) is 50.2 Å². The maximum Gasteiger partial charge on any atom is 0.313 e. The summed E-state index contributed by atoms with van der Waals surface area (Å²) in [7, 11) is 0. The van der Waals surface area contributed by atoms with Gasteiger partial charge in [-0.15, -0.1) is 20.2 Å². The van der Waals surface area contributed by atoms with Crippen molar-refractivity contribution in [3.8, 4) is 0 Å². The van der Waals surface area contributed by atoms with Gasteiger partial charge in [0.25, 0.3) is 10.2 Å². The van der Waals surface area contributed by atoms with E-state index in [0.29, 0.717) is 50.9 Å². The molecule has 5 aliphatic carbocycles. The Morgan fingerprint density at radius 3 is 2.00 bits per heavy atom. The Bertz CT molecular complexity index is 1850. The van der Waals surface area contributed by atoms with Gasteiger partial charge in [0.1, 0.15) is 19.3 Å². The number of carbonyl (C=O) groups is 3. The standard InChI is InChI=1S/C49H72N2O12/c1-44(2)26-28-49(43(54)59-33-35-16-10-7-11-17-35)29-27-47(5)36(37(49)32-44)20-21-39-45(3)24-23-40(63-42(53)19-13-9-15-31-62-51(57)58)46(4,38(45)22-25-48(39,47)6)34-60-41(52)18-12-8-14-30-61-50(55)56/h7,10-11,16-17,20,37-40H,8-9,12-15,18-19,21-34H2,1-6H3/t37-,38+,39+,40?,45-,46-,47+,48+,49-/m0/s1. The van der Waals surface area contributed by atoms with Crippen LogP contribution in [0.4, 0.5) is 0 Å². The van der Waals surface area contributed by atoms with Crippen molar-refractivity contribution in [2.75, 3.05) is 19.8 Å². The van der Waals surface area contributed by atoms with Crippen LogP contribution in [-0.4, -0.2) is 54.0 Å². The van der Waals surface area contributed by atoms with Gasteiger partial charge in [-0.05, 0) is 135 Å². The first kappa shape index (κ1) is 48.2. The summed E-state index contributed by atoms with van der Waals surface area (Å²) in [5, 5.41) is 19.4. The van der Waals surface area contributed by atoms with E-state index in [9.17, 15) is 34.6 Å². The normalized spacial score (nSPS) is 34.0. The Morgan fingerprint density at radius 1 is 0.714 bits per heavy atom. The number of ether oxygens (including phenoxy) is 3. The minimum atomic E-state index is -0.814. The van der Waals surface area contributed by atoms with Crippen LogP contribution in [-0.2, 0) is 44.9 Å². The molecule has 0 N–H and O–H groups in total. The fraction of sp³-hybridized carbons (Fsp3) is 0.776. The second-order valence-electron chi connectivity index (χ2n) is 21.4. The molecule has 6 rings (SSSR count). The Hall–Kier alpha value is -4.23. The van der Waals surface area contributed by atoms with Gasteiger partial charge in [0.2, 0.25) is 0 Å². The third-order valence-corrected chi connectivity index (χ3v) is 17.3. The smallest absolute Gasteiger partial charge is 0.313 e. The molecule has 1 aromatic rings. The zero-order valence-electron chi connectivity index (χ0n) is 38.6. The molecule has 1 aromatic carbocycles. The van der Waals surface area contributed by atoms with Crippen LogP contribution in [0.25, 0.3) is 0 Å². The van der Waals surface area contributed by atoms with Crippen LogP contribution >= 0.6 is 0 Å². The third-order valence-electron chi connectivity index (χ3n) is 17.3.